The van der Waals surface area contributed by atoms with Crippen LogP contribution < -0.4 is 43.0 Å². The van der Waals surface area contributed by atoms with Gasteiger partial charge in [-0.25, -0.2) is 0 Å². The van der Waals surface area contributed by atoms with Crippen molar-refractivity contribution in [2.75, 3.05) is 0 Å². The van der Waals surface area contributed by atoms with Crippen LogP contribution in [0.1, 0.15) is 106 Å². The van der Waals surface area contributed by atoms with Gasteiger partial charge in [0, 0.05) is 36.9 Å². The number of carbonyl (C=O) groups is 8. The Morgan fingerprint density at radius 2 is 0.864 bits per heavy atom. The molecule has 0 aliphatic heterocycles. The van der Waals surface area contributed by atoms with Gasteiger partial charge in [-0.3, -0.25) is 38.4 Å². The van der Waals surface area contributed by atoms with E-state index in [2.05, 4.69) is 42.2 Å². The fraction of sp³-hybridized carbons (Fsp3) is 0.551. The highest BCUT2D eigenvalue weighted by Crippen LogP contribution is 2.20. The predicted octanol–water partition coefficient (Wildman–Crippen LogP) is 3.06. The quantitative estimate of drug-likeness (QED) is 0.0577. The van der Waals surface area contributed by atoms with Gasteiger partial charge in [-0.2, -0.15) is 0 Å². The summed E-state index contributed by atoms with van der Waals surface area (Å²) in [6.45, 7) is 17.9. The third kappa shape index (κ3) is 18.0. The molecular weight excluding hydrogens is 843 g/mol. The smallest absolute Gasteiger partial charge is 0.243 e. The van der Waals surface area contributed by atoms with Gasteiger partial charge in [0.1, 0.15) is 42.3 Å². The minimum atomic E-state index is -1.24. The second kappa shape index (κ2) is 26.0. The van der Waals surface area contributed by atoms with Crippen LogP contribution in [0.15, 0.2) is 60.8 Å². The molecule has 0 fully saturated rings. The Hall–Kier alpha value is -6.26. The molecule has 0 radical (unpaired) electrons. The summed E-state index contributed by atoms with van der Waals surface area (Å²) in [5.41, 5.74) is 7.96. The Morgan fingerprint density at radius 1 is 0.470 bits per heavy atom. The molecule has 362 valence electrons. The van der Waals surface area contributed by atoms with Crippen molar-refractivity contribution >= 4 is 58.2 Å². The van der Waals surface area contributed by atoms with E-state index in [0.29, 0.717) is 12.0 Å². The van der Waals surface area contributed by atoms with Crippen LogP contribution in [-0.4, -0.2) is 94.5 Å². The van der Waals surface area contributed by atoms with Crippen molar-refractivity contribution in [3.63, 3.8) is 0 Å². The van der Waals surface area contributed by atoms with Crippen LogP contribution in [-0.2, 0) is 51.2 Å². The Bertz CT molecular complexity index is 2120. The van der Waals surface area contributed by atoms with Gasteiger partial charge in [-0.15, -0.1) is 0 Å². The molecule has 1 heterocycles. The van der Waals surface area contributed by atoms with Gasteiger partial charge in [0.25, 0.3) is 0 Å². The molecule has 0 spiro atoms. The number of nitrogens with two attached hydrogens (primary N) is 1. The molecule has 0 aliphatic carbocycles. The van der Waals surface area contributed by atoms with Crippen LogP contribution in [0.25, 0.3) is 10.9 Å². The molecule has 0 unspecified atom stereocenters. The first kappa shape index (κ1) is 54.1. The molecule has 10 N–H and O–H groups in total. The summed E-state index contributed by atoms with van der Waals surface area (Å²) >= 11 is 0. The fourth-order valence-corrected chi connectivity index (χ4v) is 7.63. The van der Waals surface area contributed by atoms with Gasteiger partial charge in [-0.1, -0.05) is 104 Å². The third-order valence-corrected chi connectivity index (χ3v) is 10.8. The average molecular weight is 916 g/mol. The summed E-state index contributed by atoms with van der Waals surface area (Å²) < 4.78 is 0. The fourth-order valence-electron chi connectivity index (χ4n) is 7.63. The van der Waals surface area contributed by atoms with Crippen LogP contribution >= 0.6 is 0 Å². The number of H-pyrrole nitrogens is 1. The Labute approximate surface area is 389 Å². The van der Waals surface area contributed by atoms with Crippen molar-refractivity contribution in [2.45, 2.75) is 150 Å². The number of hydrogen-bond acceptors (Lipinski definition) is 8. The minimum absolute atomic E-state index is 0.0204. The molecular formula is C49H73N9O8. The number of rotatable bonds is 26. The molecule has 0 aliphatic rings. The lowest BCUT2D eigenvalue weighted by Crippen LogP contribution is -2.60. The molecule has 1 aromatic heterocycles. The molecule has 66 heavy (non-hydrogen) atoms. The summed E-state index contributed by atoms with van der Waals surface area (Å²) in [5, 5.41) is 20.1. The summed E-state index contributed by atoms with van der Waals surface area (Å²) in [6, 6.07) is 8.87. The molecule has 17 nitrogen and oxygen atoms in total. The van der Waals surface area contributed by atoms with Gasteiger partial charge in [0.05, 0.1) is 0 Å². The third-order valence-electron chi connectivity index (χ3n) is 10.8. The van der Waals surface area contributed by atoms with Crippen molar-refractivity contribution in [1.29, 1.82) is 0 Å². The van der Waals surface area contributed by atoms with E-state index in [-0.39, 0.29) is 61.7 Å². The van der Waals surface area contributed by atoms with E-state index in [1.54, 1.807) is 30.5 Å². The van der Waals surface area contributed by atoms with E-state index in [9.17, 15) is 38.4 Å². The number of para-hydroxylation sites is 1. The van der Waals surface area contributed by atoms with Crippen molar-refractivity contribution in [2.24, 2.45) is 29.4 Å². The zero-order valence-electron chi connectivity index (χ0n) is 40.2. The van der Waals surface area contributed by atoms with Crippen molar-refractivity contribution in [3.8, 4) is 0 Å². The highest BCUT2D eigenvalue weighted by molar-refractivity contribution is 5.98. The standard InChI is InChI=1S/C49H73N9O8/c1-27(2)20-37(43(50)60)54-49(66)42(25-34-26-51-36-19-15-14-18-35(34)36)58-48(65)41(24-33-16-12-11-13-17-33)57-47(64)40(23-30(7)8)56-46(63)39(22-29(5)6)55-44(61)31(9)52-45(62)38(21-28(3)4)53-32(10)59/h11-19,26-31,37-42,51H,20-25H2,1-10H3,(H2,50,60)(H,52,62)(H,53,59)(H,54,66)(H,55,61)(H,56,63)(H,57,64)(H,58,65)/t31-,37-,38-,39-,40-,41-,42-/m0/s1. The normalized spacial score (nSPS) is 14.6. The highest BCUT2D eigenvalue weighted by atomic mass is 16.2. The number of aromatic nitrogens is 1. The second-order valence-corrected chi connectivity index (χ2v) is 19.0. The number of fused-ring (bicyclic) bond motifs is 1. The van der Waals surface area contributed by atoms with Crippen LogP contribution in [0.5, 0.6) is 0 Å². The van der Waals surface area contributed by atoms with Gasteiger partial charge in [0.2, 0.25) is 47.3 Å². The molecule has 7 atom stereocenters. The predicted molar refractivity (Wildman–Crippen MR) is 254 cm³/mol. The molecule has 0 bridgehead atoms. The van der Waals surface area contributed by atoms with Crippen LogP contribution in [0.4, 0.5) is 0 Å². The van der Waals surface area contributed by atoms with E-state index in [0.717, 1.165) is 16.5 Å². The zero-order chi connectivity index (χ0) is 49.2. The van der Waals surface area contributed by atoms with Gasteiger partial charge in [0.15, 0.2) is 0 Å². The van der Waals surface area contributed by atoms with Gasteiger partial charge >= 0.3 is 0 Å². The minimum Gasteiger partial charge on any atom is -0.368 e. The first-order chi connectivity index (χ1) is 31.0. The Morgan fingerprint density at radius 3 is 1.36 bits per heavy atom. The maximum atomic E-state index is 14.5. The highest BCUT2D eigenvalue weighted by Gasteiger charge is 2.34. The number of hydrogen-bond donors (Lipinski definition) is 9. The number of amides is 8. The Balaban J connectivity index is 1.91. The van der Waals surface area contributed by atoms with E-state index >= 15 is 0 Å². The lowest BCUT2D eigenvalue weighted by Gasteiger charge is -2.28. The number of nitrogens with one attached hydrogen (secondary N) is 8. The maximum Gasteiger partial charge on any atom is 0.243 e. The lowest BCUT2D eigenvalue weighted by molar-refractivity contribution is -0.136. The number of aromatic amines is 1. The molecule has 0 saturated carbocycles. The topological polar surface area (TPSA) is 263 Å². The van der Waals surface area contributed by atoms with Crippen molar-refractivity contribution in [1.82, 2.24) is 42.2 Å². The van der Waals surface area contributed by atoms with Crippen molar-refractivity contribution in [3.05, 3.63) is 71.9 Å². The average Bonchev–Trinajstić information content (AvgIpc) is 3.63. The van der Waals surface area contributed by atoms with Gasteiger partial charge < -0.3 is 47.9 Å². The zero-order valence-corrected chi connectivity index (χ0v) is 40.2. The molecule has 2 aromatic carbocycles. The lowest BCUT2D eigenvalue weighted by atomic mass is 9.98. The SMILES string of the molecule is CC(=O)N[C@@H](CC(C)C)C(=O)N[C@@H](C)C(=O)N[C@@H](CC(C)C)C(=O)N[C@@H](CC(C)C)C(=O)N[C@@H](Cc1ccccc1)C(=O)N[C@@H](Cc1c[nH]c2ccccc12)C(=O)N[C@@H](CC(C)C)C(N)=O. The molecule has 3 aromatic rings. The number of carbonyl (C=O) groups excluding carboxylic acids is 8. The van der Waals surface area contributed by atoms with E-state index < -0.39 is 83.6 Å². The first-order valence-corrected chi connectivity index (χ1v) is 23.0. The van der Waals surface area contributed by atoms with E-state index in [1.807, 2.05) is 85.7 Å². The van der Waals surface area contributed by atoms with Gasteiger partial charge in [-0.05, 0) is 73.5 Å². The first-order valence-electron chi connectivity index (χ1n) is 23.0. The van der Waals surface area contributed by atoms with Crippen LogP contribution in [0.2, 0.25) is 0 Å². The van der Waals surface area contributed by atoms with Crippen molar-refractivity contribution < 1.29 is 38.4 Å². The number of primary amides is 1. The molecule has 3 rings (SSSR count). The summed E-state index contributed by atoms with van der Waals surface area (Å²) in [4.78, 5) is 111. The summed E-state index contributed by atoms with van der Waals surface area (Å²) in [6.07, 6.45) is 2.80. The summed E-state index contributed by atoms with van der Waals surface area (Å²) in [5.74, 6) is -5.00. The largest absolute Gasteiger partial charge is 0.368 e. The summed E-state index contributed by atoms with van der Waals surface area (Å²) in [7, 11) is 0. The molecule has 0 saturated heterocycles. The van der Waals surface area contributed by atoms with Crippen LogP contribution in [0, 0.1) is 23.7 Å². The molecule has 17 heteroatoms. The number of benzene rings is 2. The Kier molecular flexibility index (Phi) is 21.3. The maximum absolute atomic E-state index is 14.5. The van der Waals surface area contributed by atoms with Crippen LogP contribution in [0.3, 0.4) is 0 Å². The van der Waals surface area contributed by atoms with E-state index in [1.165, 1.54) is 13.8 Å². The van der Waals surface area contributed by atoms with E-state index in [4.69, 9.17) is 5.73 Å². The second-order valence-electron chi connectivity index (χ2n) is 19.0. The monoisotopic (exact) mass is 916 g/mol. The molecule has 8 amide bonds.